The molecule has 1 saturated heterocycles. The topological polar surface area (TPSA) is 70.6 Å². The third kappa shape index (κ3) is 4.76. The van der Waals surface area contributed by atoms with Gasteiger partial charge in [0.25, 0.3) is 5.91 Å². The molecule has 0 bridgehead atoms. The Labute approximate surface area is 202 Å². The number of nitrogens with zero attached hydrogens (tertiary/aromatic N) is 3. The minimum absolute atomic E-state index is 0.162. The van der Waals surface area contributed by atoms with Gasteiger partial charge in [0.15, 0.2) is 0 Å². The fraction of sp³-hybridized carbons (Fsp3) is 0.333. The van der Waals surface area contributed by atoms with E-state index in [1.165, 1.54) is 32.0 Å². The largest absolute Gasteiger partial charge is 0.345 e. The zero-order valence-electron chi connectivity index (χ0n) is 20.2. The Balaban J connectivity index is 1.45. The van der Waals surface area contributed by atoms with Gasteiger partial charge in [0, 0.05) is 56.1 Å². The Morgan fingerprint density at radius 3 is 2.35 bits per heavy atom. The molecule has 0 spiro atoms. The molecule has 1 aromatic heterocycles. The normalized spacial score (nSPS) is 15.3. The summed E-state index contributed by atoms with van der Waals surface area (Å²) in [4.78, 5) is 18.6. The quantitative estimate of drug-likeness (QED) is 0.537. The zero-order valence-corrected chi connectivity index (χ0v) is 21.0. The predicted molar refractivity (Wildman–Crippen MR) is 134 cm³/mol. The molecule has 0 unspecified atom stereocenters. The van der Waals surface area contributed by atoms with Gasteiger partial charge >= 0.3 is 0 Å². The van der Waals surface area contributed by atoms with Crippen molar-refractivity contribution in [3.05, 3.63) is 83.2 Å². The van der Waals surface area contributed by atoms with Crippen molar-refractivity contribution < 1.29 is 13.2 Å². The van der Waals surface area contributed by atoms with Crippen molar-refractivity contribution >= 4 is 15.9 Å². The van der Waals surface area contributed by atoms with Crippen LogP contribution in [0.1, 0.15) is 45.9 Å². The molecule has 1 fully saturated rings. The van der Waals surface area contributed by atoms with Gasteiger partial charge in [-0.2, -0.15) is 4.31 Å². The molecule has 3 aromatic rings. The molecule has 1 aliphatic rings. The number of pyridine rings is 1. The van der Waals surface area contributed by atoms with Crippen LogP contribution in [0.3, 0.4) is 0 Å². The van der Waals surface area contributed by atoms with Crippen LogP contribution in [-0.2, 0) is 10.0 Å². The highest BCUT2D eigenvalue weighted by Gasteiger charge is 2.31. The summed E-state index contributed by atoms with van der Waals surface area (Å²) in [6.45, 7) is 5.10. The maximum atomic E-state index is 13.2. The molecule has 2 aromatic carbocycles. The lowest BCUT2D eigenvalue weighted by Crippen LogP contribution is -2.38. The number of hydrogen-bond donors (Lipinski definition) is 0. The minimum atomic E-state index is -3.66. The first-order chi connectivity index (χ1) is 16.2. The van der Waals surface area contributed by atoms with Gasteiger partial charge in [0.1, 0.15) is 0 Å². The Kier molecular flexibility index (Phi) is 6.86. The number of piperidine rings is 1. The van der Waals surface area contributed by atoms with E-state index in [1.54, 1.807) is 32.3 Å². The summed E-state index contributed by atoms with van der Waals surface area (Å²) in [6.07, 6.45) is 3.35. The molecule has 4 rings (SSSR count). The maximum absolute atomic E-state index is 13.2. The Bertz CT molecular complexity index is 1290. The Hall–Kier alpha value is -3.03. The number of carbonyl (C=O) groups is 1. The number of carbonyl (C=O) groups excluding carboxylic acids is 1. The highest BCUT2D eigenvalue weighted by atomic mass is 32.2. The van der Waals surface area contributed by atoms with E-state index >= 15 is 0 Å². The number of rotatable bonds is 5. The van der Waals surface area contributed by atoms with Gasteiger partial charge in [-0.25, -0.2) is 8.42 Å². The molecular weight excluding hydrogens is 446 g/mol. The predicted octanol–water partition coefficient (Wildman–Crippen LogP) is 4.64. The van der Waals surface area contributed by atoms with Crippen LogP contribution >= 0.6 is 0 Å². The first-order valence-corrected chi connectivity index (χ1v) is 13.0. The number of benzene rings is 2. The summed E-state index contributed by atoms with van der Waals surface area (Å²) in [5, 5.41) is 0. The number of amides is 1. The lowest BCUT2D eigenvalue weighted by molar-refractivity contribution is 0.0827. The summed E-state index contributed by atoms with van der Waals surface area (Å²) in [5.74, 6) is 0.00639. The molecule has 1 amide bonds. The Morgan fingerprint density at radius 1 is 1.00 bits per heavy atom. The van der Waals surface area contributed by atoms with Crippen LogP contribution in [0.2, 0.25) is 0 Å². The van der Waals surface area contributed by atoms with Crippen molar-refractivity contribution in [3.8, 4) is 11.1 Å². The number of aryl methyl sites for hydroxylation is 1. The summed E-state index contributed by atoms with van der Waals surface area (Å²) in [6, 6.07) is 16.8. The van der Waals surface area contributed by atoms with E-state index in [2.05, 4.69) is 44.2 Å². The van der Waals surface area contributed by atoms with Crippen molar-refractivity contribution in [2.24, 2.45) is 0 Å². The van der Waals surface area contributed by atoms with E-state index in [1.807, 2.05) is 6.20 Å². The maximum Gasteiger partial charge on any atom is 0.253 e. The number of sulfonamides is 1. The summed E-state index contributed by atoms with van der Waals surface area (Å²) in [7, 11) is -0.359. The van der Waals surface area contributed by atoms with Crippen LogP contribution in [0.15, 0.2) is 65.7 Å². The van der Waals surface area contributed by atoms with Crippen LogP contribution < -0.4 is 0 Å². The van der Waals surface area contributed by atoms with E-state index in [0.29, 0.717) is 31.5 Å². The standard InChI is InChI=1S/C27H31N3O3S/c1-19-7-5-10-25(20(19)2)23-11-12-26(28-18-23)21-13-15-30(16-14-21)34(32,33)24-9-6-8-22(17-24)27(31)29(3)4/h5-12,17-18,21H,13-16H2,1-4H3. The molecule has 6 nitrogen and oxygen atoms in total. The summed E-state index contributed by atoms with van der Waals surface area (Å²) >= 11 is 0. The molecule has 2 heterocycles. The summed E-state index contributed by atoms with van der Waals surface area (Å²) < 4.78 is 28.0. The molecule has 1 aliphatic heterocycles. The van der Waals surface area contributed by atoms with Crippen LogP contribution in [0.4, 0.5) is 0 Å². The molecule has 0 atom stereocenters. The van der Waals surface area contributed by atoms with E-state index in [9.17, 15) is 13.2 Å². The molecule has 34 heavy (non-hydrogen) atoms. The van der Waals surface area contributed by atoms with Crippen LogP contribution in [-0.4, -0.2) is 55.7 Å². The number of hydrogen-bond acceptors (Lipinski definition) is 4. The van der Waals surface area contributed by atoms with E-state index < -0.39 is 10.0 Å². The SMILES string of the molecule is Cc1cccc(-c2ccc(C3CCN(S(=O)(=O)c4cccc(C(=O)N(C)C)c4)CC3)nc2)c1C. The highest BCUT2D eigenvalue weighted by molar-refractivity contribution is 7.89. The van der Waals surface area contributed by atoms with Crippen LogP contribution in [0.5, 0.6) is 0 Å². The minimum Gasteiger partial charge on any atom is -0.345 e. The van der Waals surface area contributed by atoms with Gasteiger partial charge < -0.3 is 4.90 Å². The fourth-order valence-electron chi connectivity index (χ4n) is 4.46. The van der Waals surface area contributed by atoms with Gasteiger partial charge in [0.2, 0.25) is 10.0 Å². The van der Waals surface area contributed by atoms with E-state index in [-0.39, 0.29) is 16.7 Å². The van der Waals surface area contributed by atoms with E-state index in [4.69, 9.17) is 4.98 Å². The Morgan fingerprint density at radius 2 is 1.71 bits per heavy atom. The van der Waals surface area contributed by atoms with E-state index in [0.717, 1.165) is 11.3 Å². The third-order valence-corrected chi connectivity index (χ3v) is 8.59. The second-order valence-corrected chi connectivity index (χ2v) is 11.1. The smallest absolute Gasteiger partial charge is 0.253 e. The molecule has 7 heteroatoms. The highest BCUT2D eigenvalue weighted by Crippen LogP contribution is 2.32. The molecule has 0 aliphatic carbocycles. The molecule has 0 radical (unpaired) electrons. The van der Waals surface area contributed by atoms with Gasteiger partial charge in [-0.1, -0.05) is 30.3 Å². The van der Waals surface area contributed by atoms with Gasteiger partial charge in [-0.3, -0.25) is 9.78 Å². The first kappa shape index (κ1) is 24.1. The molecule has 0 N–H and O–H groups in total. The monoisotopic (exact) mass is 477 g/mol. The van der Waals surface area contributed by atoms with Crippen molar-refractivity contribution in [1.82, 2.24) is 14.2 Å². The fourth-order valence-corrected chi connectivity index (χ4v) is 5.97. The average Bonchev–Trinajstić information content (AvgIpc) is 2.85. The van der Waals surface area contributed by atoms with Gasteiger partial charge in [-0.15, -0.1) is 0 Å². The third-order valence-electron chi connectivity index (χ3n) is 6.70. The van der Waals surface area contributed by atoms with Crippen molar-refractivity contribution in [2.75, 3.05) is 27.2 Å². The summed E-state index contributed by atoms with van der Waals surface area (Å²) in [5.41, 5.74) is 6.17. The molecular formula is C27H31N3O3S. The zero-order chi connectivity index (χ0) is 24.5. The van der Waals surface area contributed by atoms with Crippen LogP contribution in [0, 0.1) is 13.8 Å². The second kappa shape index (κ2) is 9.68. The molecule has 0 saturated carbocycles. The lowest BCUT2D eigenvalue weighted by atomic mass is 9.93. The number of aromatic nitrogens is 1. The van der Waals surface area contributed by atoms with Crippen molar-refractivity contribution in [3.63, 3.8) is 0 Å². The molecule has 178 valence electrons. The first-order valence-electron chi connectivity index (χ1n) is 11.5. The average molecular weight is 478 g/mol. The van der Waals surface area contributed by atoms with Gasteiger partial charge in [-0.05, 0) is 67.6 Å². The van der Waals surface area contributed by atoms with Crippen LogP contribution in [0.25, 0.3) is 11.1 Å². The second-order valence-electron chi connectivity index (χ2n) is 9.12. The van der Waals surface area contributed by atoms with Crippen molar-refractivity contribution in [1.29, 1.82) is 0 Å². The van der Waals surface area contributed by atoms with Crippen molar-refractivity contribution in [2.45, 2.75) is 37.5 Å². The van der Waals surface area contributed by atoms with Gasteiger partial charge in [0.05, 0.1) is 4.90 Å². The lowest BCUT2D eigenvalue weighted by Gasteiger charge is -2.31.